The molecule has 3 rings (SSSR count). The first-order chi connectivity index (χ1) is 12.0. The Morgan fingerprint density at radius 2 is 2.28 bits per heavy atom. The number of benzene rings is 1. The summed E-state index contributed by atoms with van der Waals surface area (Å²) in [4.78, 5) is 13.0. The van der Waals surface area contributed by atoms with Crippen LogP contribution in [0.3, 0.4) is 0 Å². The summed E-state index contributed by atoms with van der Waals surface area (Å²) in [5.74, 6) is 0. The Labute approximate surface area is 152 Å². The van der Waals surface area contributed by atoms with Gasteiger partial charge in [-0.2, -0.15) is 5.10 Å². The third-order valence-electron chi connectivity index (χ3n) is 4.46. The molecule has 0 spiro atoms. The van der Waals surface area contributed by atoms with Crippen molar-refractivity contribution in [3.05, 3.63) is 52.8 Å². The molecule has 0 saturated carbocycles. The quantitative estimate of drug-likeness (QED) is 0.861. The van der Waals surface area contributed by atoms with Gasteiger partial charge in [-0.3, -0.25) is 4.90 Å². The lowest BCUT2D eigenvalue weighted by Crippen LogP contribution is -2.38. The fourth-order valence-electron chi connectivity index (χ4n) is 2.98. The maximum atomic E-state index is 10.7. The first kappa shape index (κ1) is 17.5. The van der Waals surface area contributed by atoms with Gasteiger partial charge in [-0.15, -0.1) is 0 Å². The number of rotatable bonds is 5. The number of urea groups is 1. The van der Waals surface area contributed by atoms with E-state index in [1.54, 1.807) is 0 Å². The first-order valence-corrected chi connectivity index (χ1v) is 8.67. The van der Waals surface area contributed by atoms with Gasteiger partial charge in [-0.25, -0.2) is 9.48 Å². The molecule has 1 aliphatic heterocycles. The molecule has 1 aromatic carbocycles. The molecule has 2 amide bonds. The molecule has 2 heterocycles. The highest BCUT2D eigenvalue weighted by molar-refractivity contribution is 6.31. The minimum Gasteiger partial charge on any atom is -0.352 e. The summed E-state index contributed by atoms with van der Waals surface area (Å²) in [7, 11) is 0. The zero-order valence-electron chi connectivity index (χ0n) is 14.2. The molecule has 0 unspecified atom stereocenters. The second-order valence-electron chi connectivity index (χ2n) is 6.13. The van der Waals surface area contributed by atoms with Crippen molar-refractivity contribution in [3.63, 3.8) is 0 Å². The standard InChI is InChI=1S/C18H22ClN5O/c1-13-16(19)3-2-4-17(13)24-12-15(11-22-24)14-5-8-23(9-6-14)10-7-21-18(20)25/h2-5,11-12H,6-10H2,1H3,(H3,20,21,25). The van der Waals surface area contributed by atoms with E-state index in [0.717, 1.165) is 47.9 Å². The maximum absolute atomic E-state index is 10.7. The number of hydrogen-bond acceptors (Lipinski definition) is 3. The van der Waals surface area contributed by atoms with Crippen molar-refractivity contribution in [3.8, 4) is 5.69 Å². The van der Waals surface area contributed by atoms with Crippen molar-refractivity contribution in [1.29, 1.82) is 0 Å². The molecule has 0 radical (unpaired) electrons. The van der Waals surface area contributed by atoms with Crippen LogP contribution < -0.4 is 11.1 Å². The number of halogens is 1. The van der Waals surface area contributed by atoms with E-state index in [1.807, 2.05) is 36.0 Å². The molecule has 0 saturated heterocycles. The van der Waals surface area contributed by atoms with Crippen molar-refractivity contribution in [2.75, 3.05) is 26.2 Å². The molecule has 7 heteroatoms. The number of nitrogens with one attached hydrogen (secondary N) is 1. The molecular formula is C18H22ClN5O. The van der Waals surface area contributed by atoms with Crippen molar-refractivity contribution in [2.45, 2.75) is 13.3 Å². The molecule has 1 aliphatic rings. The molecule has 0 fully saturated rings. The molecule has 3 N–H and O–H groups in total. The van der Waals surface area contributed by atoms with Crippen LogP contribution in [0.2, 0.25) is 5.02 Å². The lowest BCUT2D eigenvalue weighted by atomic mass is 10.0. The molecular weight excluding hydrogens is 338 g/mol. The van der Waals surface area contributed by atoms with Gasteiger partial charge in [0.15, 0.2) is 0 Å². The van der Waals surface area contributed by atoms with Gasteiger partial charge >= 0.3 is 6.03 Å². The average molecular weight is 360 g/mol. The Balaban J connectivity index is 1.66. The Morgan fingerprint density at radius 1 is 1.44 bits per heavy atom. The summed E-state index contributed by atoms with van der Waals surface area (Å²) in [6.07, 6.45) is 7.13. The smallest absolute Gasteiger partial charge is 0.312 e. The van der Waals surface area contributed by atoms with Crippen molar-refractivity contribution >= 4 is 23.2 Å². The van der Waals surface area contributed by atoms with E-state index in [2.05, 4.69) is 27.6 Å². The monoisotopic (exact) mass is 359 g/mol. The molecule has 2 aromatic rings. The number of nitrogens with zero attached hydrogens (tertiary/aromatic N) is 3. The van der Waals surface area contributed by atoms with Gasteiger partial charge in [-0.05, 0) is 36.6 Å². The number of nitrogens with two attached hydrogens (primary N) is 1. The minimum atomic E-state index is -0.475. The summed E-state index contributed by atoms with van der Waals surface area (Å²) >= 11 is 6.20. The van der Waals surface area contributed by atoms with Crippen LogP contribution in [0.4, 0.5) is 4.79 Å². The highest BCUT2D eigenvalue weighted by atomic mass is 35.5. The molecule has 25 heavy (non-hydrogen) atoms. The summed E-state index contributed by atoms with van der Waals surface area (Å²) < 4.78 is 1.88. The zero-order valence-corrected chi connectivity index (χ0v) is 15.0. The predicted molar refractivity (Wildman–Crippen MR) is 99.9 cm³/mol. The van der Waals surface area contributed by atoms with Crippen LogP contribution in [0.5, 0.6) is 0 Å². The number of carbonyl (C=O) groups excluding carboxylic acids is 1. The SMILES string of the molecule is Cc1c(Cl)cccc1-n1cc(C2=CCN(CCNC(N)=O)CC2)cn1. The maximum Gasteiger partial charge on any atom is 0.312 e. The minimum absolute atomic E-state index is 0.475. The highest BCUT2D eigenvalue weighted by Crippen LogP contribution is 2.25. The number of primary amides is 1. The van der Waals surface area contributed by atoms with Gasteiger partial charge in [0, 0.05) is 43.0 Å². The molecule has 0 aliphatic carbocycles. The lowest BCUT2D eigenvalue weighted by Gasteiger charge is -2.25. The molecule has 1 aromatic heterocycles. The van der Waals surface area contributed by atoms with E-state index in [0.29, 0.717) is 6.54 Å². The van der Waals surface area contributed by atoms with Gasteiger partial charge in [0.1, 0.15) is 0 Å². The van der Waals surface area contributed by atoms with E-state index in [1.165, 1.54) is 5.57 Å². The fraction of sp³-hybridized carbons (Fsp3) is 0.333. The molecule has 6 nitrogen and oxygen atoms in total. The van der Waals surface area contributed by atoms with Crippen LogP contribution in [-0.2, 0) is 0 Å². The van der Waals surface area contributed by atoms with Crippen LogP contribution in [0.25, 0.3) is 11.3 Å². The van der Waals surface area contributed by atoms with Crippen LogP contribution in [-0.4, -0.2) is 46.9 Å². The van der Waals surface area contributed by atoms with Crippen LogP contribution >= 0.6 is 11.6 Å². The zero-order chi connectivity index (χ0) is 17.8. The number of hydrogen-bond donors (Lipinski definition) is 2. The third-order valence-corrected chi connectivity index (χ3v) is 4.87. The third kappa shape index (κ3) is 4.21. The van der Waals surface area contributed by atoms with Crippen molar-refractivity contribution in [2.24, 2.45) is 5.73 Å². The van der Waals surface area contributed by atoms with Gasteiger partial charge in [-0.1, -0.05) is 23.7 Å². The predicted octanol–water partition coefficient (Wildman–Crippen LogP) is 2.59. The summed E-state index contributed by atoms with van der Waals surface area (Å²) in [5, 5.41) is 7.86. The van der Waals surface area contributed by atoms with Crippen LogP contribution in [0, 0.1) is 6.92 Å². The summed E-state index contributed by atoms with van der Waals surface area (Å²) in [6.45, 7) is 5.18. The van der Waals surface area contributed by atoms with E-state index in [4.69, 9.17) is 17.3 Å². The van der Waals surface area contributed by atoms with E-state index in [-0.39, 0.29) is 0 Å². The summed E-state index contributed by atoms with van der Waals surface area (Å²) in [6, 6.07) is 5.36. The van der Waals surface area contributed by atoms with E-state index < -0.39 is 6.03 Å². The topological polar surface area (TPSA) is 76.2 Å². The second-order valence-corrected chi connectivity index (χ2v) is 6.54. The average Bonchev–Trinajstić information content (AvgIpc) is 3.07. The lowest BCUT2D eigenvalue weighted by molar-refractivity contribution is 0.244. The number of amides is 2. The van der Waals surface area contributed by atoms with Gasteiger partial charge in [0.05, 0.1) is 11.9 Å². The number of aromatic nitrogens is 2. The summed E-state index contributed by atoms with van der Waals surface area (Å²) in [5.41, 5.74) is 9.52. The van der Waals surface area contributed by atoms with Gasteiger partial charge in [0.2, 0.25) is 0 Å². The molecule has 0 atom stereocenters. The largest absolute Gasteiger partial charge is 0.352 e. The Kier molecular flexibility index (Phi) is 5.40. The van der Waals surface area contributed by atoms with Crippen molar-refractivity contribution in [1.82, 2.24) is 20.0 Å². The second kappa shape index (κ2) is 7.72. The normalized spacial score (nSPS) is 15.0. The van der Waals surface area contributed by atoms with Gasteiger partial charge in [0.25, 0.3) is 0 Å². The van der Waals surface area contributed by atoms with Gasteiger partial charge < -0.3 is 11.1 Å². The Morgan fingerprint density at radius 3 is 3.00 bits per heavy atom. The van der Waals surface area contributed by atoms with Crippen LogP contribution in [0.15, 0.2) is 36.7 Å². The van der Waals surface area contributed by atoms with Crippen LogP contribution in [0.1, 0.15) is 17.5 Å². The fourth-order valence-corrected chi connectivity index (χ4v) is 3.15. The Hall–Kier alpha value is -2.31. The Bertz CT molecular complexity index is 799. The first-order valence-electron chi connectivity index (χ1n) is 8.30. The molecule has 0 bridgehead atoms. The number of carbonyl (C=O) groups is 1. The molecule has 132 valence electrons. The van der Waals surface area contributed by atoms with Crippen molar-refractivity contribution < 1.29 is 4.79 Å². The highest BCUT2D eigenvalue weighted by Gasteiger charge is 2.15. The van der Waals surface area contributed by atoms with E-state index in [9.17, 15) is 4.79 Å². The van der Waals surface area contributed by atoms with E-state index >= 15 is 0 Å².